The van der Waals surface area contributed by atoms with E-state index < -0.39 is 0 Å². The monoisotopic (exact) mass is 570 g/mol. The Morgan fingerprint density at radius 3 is 2.54 bits per heavy atom. The Morgan fingerprint density at radius 1 is 1.10 bits per heavy atom. The van der Waals surface area contributed by atoms with E-state index in [1.807, 2.05) is 36.4 Å². The number of anilines is 1. The number of fused-ring (bicyclic) bond motifs is 1. The minimum atomic E-state index is -0.198. The Balaban J connectivity index is 1.18. The van der Waals surface area contributed by atoms with Crippen molar-refractivity contribution in [1.29, 1.82) is 0 Å². The summed E-state index contributed by atoms with van der Waals surface area (Å²) in [6, 6.07) is 18.5. The minimum Gasteiger partial charge on any atom is -0.456 e. The van der Waals surface area contributed by atoms with Gasteiger partial charge in [-0.05, 0) is 117 Å². The number of ketones is 1. The third-order valence-corrected chi connectivity index (χ3v) is 8.47. The lowest BCUT2D eigenvalue weighted by Crippen LogP contribution is -2.38. The number of nitrogens with two attached hydrogens (primary N) is 1. The van der Waals surface area contributed by atoms with Crippen LogP contribution >= 0.6 is 11.6 Å². The zero-order chi connectivity index (χ0) is 28.7. The average Bonchev–Trinajstić information content (AvgIpc) is 3.57. The number of nitrogens with zero attached hydrogens (tertiary/aromatic N) is 3. The number of halogens is 2. The molecule has 2 aliphatic rings. The zero-order valence-corrected chi connectivity index (χ0v) is 23.9. The van der Waals surface area contributed by atoms with Crippen molar-refractivity contribution in [3.8, 4) is 17.2 Å². The van der Waals surface area contributed by atoms with Crippen molar-refractivity contribution in [3.05, 3.63) is 106 Å². The second-order valence-corrected chi connectivity index (χ2v) is 11.4. The second kappa shape index (κ2) is 11.1. The van der Waals surface area contributed by atoms with Crippen molar-refractivity contribution >= 4 is 29.3 Å². The highest BCUT2D eigenvalue weighted by atomic mass is 35.5. The number of piperidine rings is 1. The first-order valence-corrected chi connectivity index (χ1v) is 14.3. The topological polar surface area (TPSA) is 73.4 Å². The summed E-state index contributed by atoms with van der Waals surface area (Å²) in [5.74, 6) is 1.23. The number of allylic oxidation sites excluding steroid dienone is 1. The number of ether oxygens (including phenoxy) is 1. The molecule has 1 aromatic heterocycles. The van der Waals surface area contributed by atoms with Gasteiger partial charge in [0.05, 0.1) is 22.5 Å². The molecule has 6 rings (SSSR count). The Morgan fingerprint density at radius 2 is 1.83 bits per heavy atom. The van der Waals surface area contributed by atoms with Crippen LogP contribution in [0.3, 0.4) is 0 Å². The maximum Gasteiger partial charge on any atom is 0.194 e. The van der Waals surface area contributed by atoms with Crippen molar-refractivity contribution in [2.24, 2.45) is 0 Å². The SMILES string of the molecule is CC(C)N1CCC(c2cc3c(cc2F)CC(C(=O)c2cnn(-c4ccc(Oc5ccccc5Cl)cc4)c2N)=C3)CC1. The highest BCUT2D eigenvalue weighted by Crippen LogP contribution is 2.36. The van der Waals surface area contributed by atoms with E-state index in [1.165, 1.54) is 10.9 Å². The summed E-state index contributed by atoms with van der Waals surface area (Å²) >= 11 is 6.19. The predicted octanol–water partition coefficient (Wildman–Crippen LogP) is 7.45. The maximum absolute atomic E-state index is 15.2. The lowest BCUT2D eigenvalue weighted by molar-refractivity contribution is 0.103. The molecule has 1 aliphatic carbocycles. The lowest BCUT2D eigenvalue weighted by Gasteiger charge is -2.35. The van der Waals surface area contributed by atoms with E-state index in [1.54, 1.807) is 30.3 Å². The van der Waals surface area contributed by atoms with Crippen molar-refractivity contribution in [3.63, 3.8) is 0 Å². The van der Waals surface area contributed by atoms with Gasteiger partial charge >= 0.3 is 0 Å². The van der Waals surface area contributed by atoms with E-state index in [0.29, 0.717) is 45.8 Å². The first-order valence-electron chi connectivity index (χ1n) is 14.0. The van der Waals surface area contributed by atoms with E-state index in [4.69, 9.17) is 22.1 Å². The van der Waals surface area contributed by atoms with Gasteiger partial charge in [0.2, 0.25) is 0 Å². The van der Waals surface area contributed by atoms with Gasteiger partial charge in [-0.2, -0.15) is 5.10 Å². The molecule has 0 spiro atoms. The van der Waals surface area contributed by atoms with Crippen LogP contribution in [0.2, 0.25) is 5.02 Å². The molecule has 2 N–H and O–H groups in total. The summed E-state index contributed by atoms with van der Waals surface area (Å²) in [7, 11) is 0. The summed E-state index contributed by atoms with van der Waals surface area (Å²) in [4.78, 5) is 15.9. The molecule has 0 saturated carbocycles. The van der Waals surface area contributed by atoms with Crippen LogP contribution in [0.5, 0.6) is 11.5 Å². The van der Waals surface area contributed by atoms with Crippen molar-refractivity contribution in [2.45, 2.75) is 45.1 Å². The van der Waals surface area contributed by atoms with E-state index in [0.717, 1.165) is 42.6 Å². The minimum absolute atomic E-state index is 0.178. The molecule has 4 aromatic rings. The zero-order valence-electron chi connectivity index (χ0n) is 23.1. The normalized spacial score (nSPS) is 15.7. The van der Waals surface area contributed by atoms with Crippen LogP contribution in [-0.2, 0) is 6.42 Å². The van der Waals surface area contributed by atoms with Crippen molar-refractivity contribution in [2.75, 3.05) is 18.8 Å². The van der Waals surface area contributed by atoms with Gasteiger partial charge < -0.3 is 15.4 Å². The van der Waals surface area contributed by atoms with Gasteiger partial charge in [0.15, 0.2) is 5.78 Å². The molecule has 0 bridgehead atoms. The lowest BCUT2D eigenvalue weighted by atomic mass is 9.87. The van der Waals surface area contributed by atoms with Crippen LogP contribution in [0.4, 0.5) is 10.2 Å². The number of benzene rings is 3. The number of hydrogen-bond acceptors (Lipinski definition) is 5. The Hall–Kier alpha value is -3.94. The molecule has 6 nitrogen and oxygen atoms in total. The number of para-hydroxylation sites is 1. The van der Waals surface area contributed by atoms with Crippen LogP contribution in [0.25, 0.3) is 11.8 Å². The Kier molecular flexibility index (Phi) is 7.41. The quantitative estimate of drug-likeness (QED) is 0.234. The second-order valence-electron chi connectivity index (χ2n) is 11.0. The highest BCUT2D eigenvalue weighted by Gasteiger charge is 2.28. The highest BCUT2D eigenvalue weighted by molar-refractivity contribution is 6.32. The number of likely N-dealkylation sites (tertiary alicyclic amines) is 1. The smallest absolute Gasteiger partial charge is 0.194 e. The summed E-state index contributed by atoms with van der Waals surface area (Å²) in [6.07, 6.45) is 5.61. The molecule has 210 valence electrons. The number of aromatic nitrogens is 2. The fraction of sp³-hybridized carbons (Fsp3) is 0.273. The third-order valence-electron chi connectivity index (χ3n) is 8.16. The molecule has 0 unspecified atom stereocenters. The molecule has 0 atom stereocenters. The van der Waals surface area contributed by atoms with Gasteiger partial charge in [0.1, 0.15) is 23.1 Å². The molecule has 3 aromatic carbocycles. The van der Waals surface area contributed by atoms with Gasteiger partial charge in [-0.15, -0.1) is 0 Å². The van der Waals surface area contributed by atoms with Gasteiger partial charge in [-0.25, -0.2) is 9.07 Å². The van der Waals surface area contributed by atoms with Crippen LogP contribution < -0.4 is 10.5 Å². The van der Waals surface area contributed by atoms with E-state index in [9.17, 15) is 4.79 Å². The number of rotatable bonds is 7. The number of Topliss-reactive ketones (excluding diaryl/α,β-unsaturated/α-hetero) is 1. The largest absolute Gasteiger partial charge is 0.456 e. The average molecular weight is 571 g/mol. The predicted molar refractivity (Wildman–Crippen MR) is 161 cm³/mol. The number of carbonyl (C=O) groups is 1. The van der Waals surface area contributed by atoms with Crippen LogP contribution in [0, 0.1) is 5.82 Å². The van der Waals surface area contributed by atoms with Gasteiger partial charge in [0.25, 0.3) is 0 Å². The molecule has 0 amide bonds. The molecule has 41 heavy (non-hydrogen) atoms. The van der Waals surface area contributed by atoms with Gasteiger partial charge in [-0.3, -0.25) is 4.79 Å². The number of nitrogen functional groups attached to an aromatic ring is 1. The van der Waals surface area contributed by atoms with Crippen LogP contribution in [0.1, 0.15) is 59.7 Å². The van der Waals surface area contributed by atoms with E-state index in [-0.39, 0.29) is 23.3 Å². The first kappa shape index (κ1) is 27.2. The first-order chi connectivity index (χ1) is 19.8. The molecule has 2 heterocycles. The third kappa shape index (κ3) is 5.39. The molecular weight excluding hydrogens is 539 g/mol. The Bertz CT molecular complexity index is 1640. The molecule has 1 saturated heterocycles. The van der Waals surface area contributed by atoms with Crippen LogP contribution in [-0.4, -0.2) is 39.6 Å². The Labute approximate surface area is 244 Å². The fourth-order valence-corrected chi connectivity index (χ4v) is 5.96. The maximum atomic E-state index is 15.2. The van der Waals surface area contributed by atoms with E-state index in [2.05, 4.69) is 23.8 Å². The van der Waals surface area contributed by atoms with Gasteiger partial charge in [0, 0.05) is 18.0 Å². The molecule has 1 aliphatic heterocycles. The fourth-order valence-electron chi connectivity index (χ4n) is 5.79. The van der Waals surface area contributed by atoms with E-state index >= 15 is 4.39 Å². The molecular formula is C33H32ClFN4O2. The van der Waals surface area contributed by atoms with Crippen LogP contribution in [0.15, 0.2) is 72.4 Å². The summed E-state index contributed by atoms with van der Waals surface area (Å²) in [6.45, 7) is 6.34. The molecule has 8 heteroatoms. The number of hydrogen-bond donors (Lipinski definition) is 1. The van der Waals surface area contributed by atoms with Crippen molar-refractivity contribution in [1.82, 2.24) is 14.7 Å². The number of carbonyl (C=O) groups excluding carboxylic acids is 1. The standard InChI is InChI=1S/C33H32ClFN4O2/c1-20(2)38-13-11-21(12-14-38)27-17-22-15-24(16-23(22)18-30(27)35)32(40)28-19-37-39(33(28)36)25-7-9-26(10-8-25)41-31-6-4-3-5-29(31)34/h3-10,15,17-21H,11-14,16,36H2,1-2H3. The van der Waals surface area contributed by atoms with Gasteiger partial charge in [-0.1, -0.05) is 23.7 Å². The van der Waals surface area contributed by atoms with Crippen molar-refractivity contribution < 1.29 is 13.9 Å². The molecule has 0 radical (unpaired) electrons. The summed E-state index contributed by atoms with van der Waals surface area (Å²) < 4.78 is 22.6. The molecule has 1 fully saturated rings. The summed E-state index contributed by atoms with van der Waals surface area (Å²) in [5.41, 5.74) is 10.5. The summed E-state index contributed by atoms with van der Waals surface area (Å²) in [5, 5.41) is 4.90.